The summed E-state index contributed by atoms with van der Waals surface area (Å²) in [5.41, 5.74) is 4.27. The number of benzene rings is 1. The Hall–Kier alpha value is -1.24. The van der Waals surface area contributed by atoms with Crippen LogP contribution in [0.1, 0.15) is 37.8 Å². The Morgan fingerprint density at radius 2 is 1.94 bits per heavy atom. The molecule has 0 bridgehead atoms. The van der Waals surface area contributed by atoms with Gasteiger partial charge in [0.1, 0.15) is 0 Å². The lowest BCUT2D eigenvalue weighted by Crippen LogP contribution is -1.93. The highest BCUT2D eigenvalue weighted by Gasteiger charge is 2.07. The van der Waals surface area contributed by atoms with E-state index in [4.69, 9.17) is 0 Å². The fourth-order valence-electron chi connectivity index (χ4n) is 2.38. The molecule has 0 atom stereocenters. The average molecular weight is 215 g/mol. The minimum Gasteiger partial charge on any atom is -0.347 e. The molecule has 0 aliphatic carbocycles. The third kappa shape index (κ3) is 1.99. The Balaban J connectivity index is 2.56. The molecule has 86 valence electrons. The van der Waals surface area contributed by atoms with Crippen molar-refractivity contribution in [1.29, 1.82) is 0 Å². The first kappa shape index (κ1) is 11.3. The van der Waals surface area contributed by atoms with Crippen LogP contribution >= 0.6 is 0 Å². The van der Waals surface area contributed by atoms with Crippen molar-refractivity contribution in [2.45, 2.75) is 46.6 Å². The van der Waals surface area contributed by atoms with E-state index < -0.39 is 0 Å². The quantitative estimate of drug-likeness (QED) is 0.716. The van der Waals surface area contributed by atoms with Crippen LogP contribution in [0.15, 0.2) is 24.4 Å². The van der Waals surface area contributed by atoms with Gasteiger partial charge in [-0.2, -0.15) is 0 Å². The molecule has 2 rings (SSSR count). The van der Waals surface area contributed by atoms with Gasteiger partial charge in [0.15, 0.2) is 0 Å². The summed E-state index contributed by atoms with van der Waals surface area (Å²) < 4.78 is 2.40. The molecular formula is C15H21N. The Labute approximate surface area is 98.1 Å². The summed E-state index contributed by atoms with van der Waals surface area (Å²) in [6.07, 6.45) is 5.95. The van der Waals surface area contributed by atoms with Gasteiger partial charge in [0.25, 0.3) is 0 Å². The normalized spacial score (nSPS) is 11.2. The summed E-state index contributed by atoms with van der Waals surface area (Å²) in [6.45, 7) is 7.79. The summed E-state index contributed by atoms with van der Waals surface area (Å²) >= 11 is 0. The fraction of sp³-hybridized carbons (Fsp3) is 0.467. The first-order valence-corrected chi connectivity index (χ1v) is 6.34. The van der Waals surface area contributed by atoms with E-state index in [1.807, 2.05) is 0 Å². The van der Waals surface area contributed by atoms with Gasteiger partial charge < -0.3 is 4.57 Å². The predicted octanol–water partition coefficient (Wildman–Crippen LogP) is 4.31. The van der Waals surface area contributed by atoms with Crippen LogP contribution in [0.3, 0.4) is 0 Å². The lowest BCUT2D eigenvalue weighted by atomic mass is 10.1. The average Bonchev–Trinajstić information content (AvgIpc) is 2.58. The molecule has 0 radical (unpaired) electrons. The van der Waals surface area contributed by atoms with Crippen molar-refractivity contribution in [2.75, 3.05) is 0 Å². The number of fused-ring (bicyclic) bond motifs is 1. The van der Waals surface area contributed by atoms with E-state index in [1.165, 1.54) is 41.3 Å². The number of aryl methyl sites for hydroxylation is 3. The van der Waals surface area contributed by atoms with Crippen LogP contribution in [0.5, 0.6) is 0 Å². The summed E-state index contributed by atoms with van der Waals surface area (Å²) in [5, 5.41) is 1.45. The topological polar surface area (TPSA) is 4.93 Å². The SMILES string of the molecule is CCCc1cn(CCC)c2ccc(C)cc12. The number of nitrogens with zero attached hydrogens (tertiary/aromatic N) is 1. The highest BCUT2D eigenvalue weighted by Crippen LogP contribution is 2.24. The van der Waals surface area contributed by atoms with E-state index in [0.717, 1.165) is 6.54 Å². The van der Waals surface area contributed by atoms with Crippen LogP contribution in [0.2, 0.25) is 0 Å². The maximum atomic E-state index is 2.40. The molecule has 1 nitrogen and oxygen atoms in total. The van der Waals surface area contributed by atoms with Crippen molar-refractivity contribution in [1.82, 2.24) is 4.57 Å². The predicted molar refractivity (Wildman–Crippen MR) is 71.0 cm³/mol. The molecule has 0 amide bonds. The van der Waals surface area contributed by atoms with Gasteiger partial charge in [-0.05, 0) is 37.5 Å². The van der Waals surface area contributed by atoms with Crippen molar-refractivity contribution in [3.63, 3.8) is 0 Å². The molecule has 0 spiro atoms. The van der Waals surface area contributed by atoms with Crippen LogP contribution in [-0.4, -0.2) is 4.57 Å². The maximum Gasteiger partial charge on any atom is 0.0483 e. The molecule has 1 aromatic carbocycles. The van der Waals surface area contributed by atoms with Crippen LogP contribution in [0, 0.1) is 6.92 Å². The summed E-state index contributed by atoms with van der Waals surface area (Å²) in [4.78, 5) is 0. The van der Waals surface area contributed by atoms with Gasteiger partial charge in [0.05, 0.1) is 0 Å². The van der Waals surface area contributed by atoms with Crippen molar-refractivity contribution in [2.24, 2.45) is 0 Å². The molecule has 1 aromatic heterocycles. The molecule has 2 aromatic rings. The molecule has 0 N–H and O–H groups in total. The zero-order valence-corrected chi connectivity index (χ0v) is 10.6. The van der Waals surface area contributed by atoms with Gasteiger partial charge in [-0.15, -0.1) is 0 Å². The molecule has 0 aliphatic rings. The van der Waals surface area contributed by atoms with E-state index in [-0.39, 0.29) is 0 Å². The van der Waals surface area contributed by atoms with Gasteiger partial charge >= 0.3 is 0 Å². The molecule has 0 unspecified atom stereocenters. The standard InChI is InChI=1S/C15H21N/c1-4-6-13-11-16(9-5-2)15-8-7-12(3)10-14(13)15/h7-8,10-11H,4-6,9H2,1-3H3. The van der Waals surface area contributed by atoms with Crippen molar-refractivity contribution in [3.05, 3.63) is 35.5 Å². The molecule has 0 saturated carbocycles. The molecule has 0 saturated heterocycles. The zero-order chi connectivity index (χ0) is 11.5. The molecule has 0 aliphatic heterocycles. The van der Waals surface area contributed by atoms with E-state index in [0.29, 0.717) is 0 Å². The summed E-state index contributed by atoms with van der Waals surface area (Å²) in [5.74, 6) is 0. The van der Waals surface area contributed by atoms with Gasteiger partial charge in [-0.1, -0.05) is 31.9 Å². The lowest BCUT2D eigenvalue weighted by Gasteiger charge is -2.02. The Kier molecular flexibility index (Phi) is 3.33. The van der Waals surface area contributed by atoms with Crippen molar-refractivity contribution >= 4 is 10.9 Å². The number of hydrogen-bond donors (Lipinski definition) is 0. The van der Waals surface area contributed by atoms with Crippen LogP contribution in [0.4, 0.5) is 0 Å². The Bertz CT molecular complexity index is 479. The first-order chi connectivity index (χ1) is 7.76. The van der Waals surface area contributed by atoms with Gasteiger partial charge in [-0.3, -0.25) is 0 Å². The fourth-order valence-corrected chi connectivity index (χ4v) is 2.38. The third-order valence-corrected chi connectivity index (χ3v) is 3.10. The number of aromatic nitrogens is 1. The van der Waals surface area contributed by atoms with Crippen LogP contribution < -0.4 is 0 Å². The third-order valence-electron chi connectivity index (χ3n) is 3.10. The van der Waals surface area contributed by atoms with Crippen molar-refractivity contribution in [3.8, 4) is 0 Å². The van der Waals surface area contributed by atoms with Gasteiger partial charge in [-0.25, -0.2) is 0 Å². The number of hydrogen-bond acceptors (Lipinski definition) is 0. The number of rotatable bonds is 4. The molecule has 0 fully saturated rings. The minimum absolute atomic E-state index is 1.13. The molecule has 16 heavy (non-hydrogen) atoms. The summed E-state index contributed by atoms with van der Waals surface area (Å²) in [7, 11) is 0. The zero-order valence-electron chi connectivity index (χ0n) is 10.6. The van der Waals surface area contributed by atoms with Gasteiger partial charge in [0.2, 0.25) is 0 Å². The molecular weight excluding hydrogens is 194 g/mol. The molecule has 1 heterocycles. The maximum absolute atomic E-state index is 2.40. The Morgan fingerprint density at radius 1 is 1.12 bits per heavy atom. The van der Waals surface area contributed by atoms with Gasteiger partial charge in [0, 0.05) is 23.6 Å². The van der Waals surface area contributed by atoms with E-state index in [2.05, 4.69) is 49.7 Å². The minimum atomic E-state index is 1.13. The monoisotopic (exact) mass is 215 g/mol. The summed E-state index contributed by atoms with van der Waals surface area (Å²) in [6, 6.07) is 6.80. The first-order valence-electron chi connectivity index (χ1n) is 6.34. The van der Waals surface area contributed by atoms with E-state index in [9.17, 15) is 0 Å². The van der Waals surface area contributed by atoms with E-state index >= 15 is 0 Å². The lowest BCUT2D eigenvalue weighted by molar-refractivity contribution is 0.700. The van der Waals surface area contributed by atoms with Crippen LogP contribution in [-0.2, 0) is 13.0 Å². The Morgan fingerprint density at radius 3 is 2.62 bits per heavy atom. The largest absolute Gasteiger partial charge is 0.347 e. The second-order valence-electron chi connectivity index (χ2n) is 4.62. The second kappa shape index (κ2) is 4.73. The second-order valence-corrected chi connectivity index (χ2v) is 4.62. The van der Waals surface area contributed by atoms with Crippen molar-refractivity contribution < 1.29 is 0 Å². The van der Waals surface area contributed by atoms with Crippen LogP contribution in [0.25, 0.3) is 10.9 Å². The van der Waals surface area contributed by atoms with E-state index in [1.54, 1.807) is 0 Å². The highest BCUT2D eigenvalue weighted by molar-refractivity contribution is 5.84. The highest BCUT2D eigenvalue weighted by atomic mass is 15.0. The smallest absolute Gasteiger partial charge is 0.0483 e. The molecule has 1 heteroatoms.